The van der Waals surface area contributed by atoms with E-state index < -0.39 is 6.10 Å². The third-order valence-electron chi connectivity index (χ3n) is 14.2. The minimum absolute atomic E-state index is 0.0900. The molecule has 1 unspecified atom stereocenters. The van der Waals surface area contributed by atoms with Gasteiger partial charge in [-0.25, -0.2) is 0 Å². The molecule has 0 aromatic carbocycles. The fraction of sp³-hybridized carbons (Fsp3) is 0.667. The minimum Gasteiger partial charge on any atom is -0.462 e. The van der Waals surface area contributed by atoms with Crippen molar-refractivity contribution >= 4 is 17.9 Å². The van der Waals surface area contributed by atoms with Crippen LogP contribution in [0.25, 0.3) is 0 Å². The van der Waals surface area contributed by atoms with Crippen molar-refractivity contribution in [1.82, 2.24) is 0 Å². The molecule has 0 aliphatic carbocycles. The fourth-order valence-corrected chi connectivity index (χ4v) is 9.18. The molecule has 0 amide bonds. The maximum atomic E-state index is 12.9. The Morgan fingerprint density at radius 1 is 0.259 bits per heavy atom. The maximum Gasteiger partial charge on any atom is 0.306 e. The van der Waals surface area contributed by atoms with Crippen LogP contribution in [0.2, 0.25) is 0 Å². The first-order valence-electron chi connectivity index (χ1n) is 33.7. The number of carbonyl (C=O) groups excluding carboxylic acids is 3. The van der Waals surface area contributed by atoms with E-state index in [-0.39, 0.29) is 31.1 Å². The van der Waals surface area contributed by atoms with Crippen molar-refractivity contribution in [3.63, 3.8) is 0 Å². The molecule has 6 nitrogen and oxygen atoms in total. The molecule has 81 heavy (non-hydrogen) atoms. The standard InChI is InChI=1S/C75H124O6/c1-4-7-10-13-16-19-22-25-28-30-31-32-33-34-35-36-37-38-39-40-41-42-43-45-47-50-53-56-59-62-65-68-74(77)80-71-72(70-79-73(76)67-64-61-58-55-52-49-46-27-24-21-18-15-12-9-6-3)81-75(78)69-66-63-60-57-54-51-48-44-29-26-23-20-17-14-11-8-5-2/h7-8,10-11,16-17,19-20,25-26,28-29,31-32,34-35,37-38,40-41,48,51,72H,4-6,9,12-15,18,21-24,27,30,33,36,39,42-47,49-50,52-71H2,1-3H3/b10-7-,11-8-,19-16-,20-17-,28-25-,29-26-,32-31-,35-34-,38-37-,41-40-,51-48-. The van der Waals surface area contributed by atoms with E-state index in [0.717, 1.165) is 148 Å². The van der Waals surface area contributed by atoms with Crippen LogP contribution in [0.5, 0.6) is 0 Å². The van der Waals surface area contributed by atoms with E-state index in [2.05, 4.69) is 154 Å². The fourth-order valence-electron chi connectivity index (χ4n) is 9.18. The number of ether oxygens (including phenoxy) is 3. The summed E-state index contributed by atoms with van der Waals surface area (Å²) in [6.07, 6.45) is 96.0. The highest BCUT2D eigenvalue weighted by atomic mass is 16.6. The lowest BCUT2D eigenvalue weighted by molar-refractivity contribution is -0.167. The zero-order valence-corrected chi connectivity index (χ0v) is 52.8. The van der Waals surface area contributed by atoms with Crippen molar-refractivity contribution in [2.45, 2.75) is 309 Å². The van der Waals surface area contributed by atoms with Gasteiger partial charge in [0.1, 0.15) is 13.2 Å². The van der Waals surface area contributed by atoms with Crippen LogP contribution in [-0.2, 0) is 28.6 Å². The van der Waals surface area contributed by atoms with Crippen molar-refractivity contribution in [3.05, 3.63) is 134 Å². The molecule has 0 radical (unpaired) electrons. The molecule has 1 atom stereocenters. The van der Waals surface area contributed by atoms with Crippen LogP contribution < -0.4 is 0 Å². The first kappa shape index (κ1) is 76.5. The summed E-state index contributed by atoms with van der Waals surface area (Å²) < 4.78 is 16.9. The molecule has 0 aromatic rings. The van der Waals surface area contributed by atoms with E-state index in [1.165, 1.54) is 116 Å². The largest absolute Gasteiger partial charge is 0.462 e. The van der Waals surface area contributed by atoms with Crippen LogP contribution in [0.3, 0.4) is 0 Å². The van der Waals surface area contributed by atoms with Gasteiger partial charge in [-0.3, -0.25) is 14.4 Å². The van der Waals surface area contributed by atoms with Crippen molar-refractivity contribution in [1.29, 1.82) is 0 Å². The van der Waals surface area contributed by atoms with Gasteiger partial charge in [-0.1, -0.05) is 302 Å². The normalized spacial score (nSPS) is 13.0. The van der Waals surface area contributed by atoms with Crippen LogP contribution in [0, 0.1) is 0 Å². The highest BCUT2D eigenvalue weighted by Crippen LogP contribution is 2.16. The summed E-state index contributed by atoms with van der Waals surface area (Å²) in [7, 11) is 0. The molecular formula is C75H124O6. The number of esters is 3. The zero-order valence-electron chi connectivity index (χ0n) is 52.8. The highest BCUT2D eigenvalue weighted by molar-refractivity contribution is 5.71. The van der Waals surface area contributed by atoms with E-state index in [1.807, 2.05) is 0 Å². The van der Waals surface area contributed by atoms with E-state index in [9.17, 15) is 14.4 Å². The number of unbranched alkanes of at least 4 members (excludes halogenated alkanes) is 27. The Bertz CT molecular complexity index is 1720. The molecule has 0 N–H and O–H groups in total. The number of carbonyl (C=O) groups is 3. The summed E-state index contributed by atoms with van der Waals surface area (Å²) in [5.41, 5.74) is 0. The number of allylic oxidation sites excluding steroid dienone is 22. The first-order chi connectivity index (χ1) is 40.0. The van der Waals surface area contributed by atoms with Crippen molar-refractivity contribution in [3.8, 4) is 0 Å². The van der Waals surface area contributed by atoms with Gasteiger partial charge in [0.25, 0.3) is 0 Å². The Labute approximate surface area is 500 Å². The monoisotopic (exact) mass is 1120 g/mol. The molecule has 0 saturated heterocycles. The van der Waals surface area contributed by atoms with Crippen molar-refractivity contribution in [2.24, 2.45) is 0 Å². The Balaban J connectivity index is 4.34. The smallest absolute Gasteiger partial charge is 0.306 e. The van der Waals surface area contributed by atoms with Gasteiger partial charge >= 0.3 is 17.9 Å². The predicted molar refractivity (Wildman–Crippen MR) is 353 cm³/mol. The van der Waals surface area contributed by atoms with Gasteiger partial charge in [0.15, 0.2) is 6.10 Å². The van der Waals surface area contributed by atoms with Gasteiger partial charge in [0.05, 0.1) is 0 Å². The van der Waals surface area contributed by atoms with E-state index in [0.29, 0.717) is 19.3 Å². The van der Waals surface area contributed by atoms with Gasteiger partial charge in [-0.2, -0.15) is 0 Å². The summed E-state index contributed by atoms with van der Waals surface area (Å²) in [6, 6.07) is 0. The second-order valence-electron chi connectivity index (χ2n) is 22.0. The minimum atomic E-state index is -0.797. The molecule has 0 aromatic heterocycles. The van der Waals surface area contributed by atoms with E-state index in [4.69, 9.17) is 14.2 Å². The molecule has 0 aliphatic rings. The van der Waals surface area contributed by atoms with Crippen LogP contribution >= 0.6 is 0 Å². The quantitative estimate of drug-likeness (QED) is 0.0261. The van der Waals surface area contributed by atoms with Gasteiger partial charge in [0.2, 0.25) is 0 Å². The number of hydrogen-bond acceptors (Lipinski definition) is 6. The molecule has 0 saturated carbocycles. The van der Waals surface area contributed by atoms with Crippen LogP contribution in [-0.4, -0.2) is 37.2 Å². The van der Waals surface area contributed by atoms with Gasteiger partial charge in [-0.05, 0) is 116 Å². The highest BCUT2D eigenvalue weighted by Gasteiger charge is 2.19. The van der Waals surface area contributed by atoms with Crippen LogP contribution in [0.4, 0.5) is 0 Å². The predicted octanol–water partition coefficient (Wildman–Crippen LogP) is 23.3. The molecule has 0 rings (SSSR count). The lowest BCUT2D eigenvalue weighted by atomic mass is 10.0. The Morgan fingerprint density at radius 3 is 0.753 bits per heavy atom. The Morgan fingerprint density at radius 2 is 0.481 bits per heavy atom. The third kappa shape index (κ3) is 66.2. The molecule has 6 heteroatoms. The molecule has 0 fully saturated rings. The molecule has 0 heterocycles. The summed E-state index contributed by atoms with van der Waals surface area (Å²) in [5, 5.41) is 0. The molecule has 0 spiro atoms. The second kappa shape index (κ2) is 68.1. The van der Waals surface area contributed by atoms with Gasteiger partial charge < -0.3 is 14.2 Å². The molecule has 460 valence electrons. The van der Waals surface area contributed by atoms with Crippen molar-refractivity contribution < 1.29 is 28.6 Å². The lowest BCUT2D eigenvalue weighted by Gasteiger charge is -2.18. The third-order valence-corrected chi connectivity index (χ3v) is 14.2. The molecular weight excluding hydrogens is 997 g/mol. The summed E-state index contributed by atoms with van der Waals surface area (Å²) in [4.78, 5) is 38.4. The average molecular weight is 1120 g/mol. The zero-order chi connectivity index (χ0) is 58.5. The summed E-state index contributed by atoms with van der Waals surface area (Å²) in [5.74, 6) is -0.913. The van der Waals surface area contributed by atoms with Crippen LogP contribution in [0.15, 0.2) is 134 Å². The number of hydrogen-bond donors (Lipinski definition) is 0. The Hall–Kier alpha value is -4.45. The first-order valence-corrected chi connectivity index (χ1v) is 33.7. The summed E-state index contributed by atoms with van der Waals surface area (Å²) >= 11 is 0. The van der Waals surface area contributed by atoms with Crippen molar-refractivity contribution in [2.75, 3.05) is 13.2 Å². The average Bonchev–Trinajstić information content (AvgIpc) is 3.47. The van der Waals surface area contributed by atoms with Gasteiger partial charge in [0, 0.05) is 19.3 Å². The van der Waals surface area contributed by atoms with E-state index >= 15 is 0 Å². The Kier molecular flexibility index (Phi) is 64.3. The molecule has 0 bridgehead atoms. The SMILES string of the molecule is CC/C=C\C/C=C\C/C=C\C/C=C\C/C=C\C/C=C\C/C=C\CCCCCCCCCCCC(=O)OCC(COC(=O)CCCCCCCCCCCCCCCCC)OC(=O)CCCCCC/C=C\C/C=C\C/C=C\C/C=C\CC. The topological polar surface area (TPSA) is 78.9 Å². The molecule has 0 aliphatic heterocycles. The van der Waals surface area contributed by atoms with Crippen LogP contribution in [0.1, 0.15) is 303 Å². The summed E-state index contributed by atoms with van der Waals surface area (Å²) in [6.45, 7) is 6.41. The number of rotatable bonds is 60. The lowest BCUT2D eigenvalue weighted by Crippen LogP contribution is -2.30. The van der Waals surface area contributed by atoms with Gasteiger partial charge in [-0.15, -0.1) is 0 Å². The second-order valence-corrected chi connectivity index (χ2v) is 22.0. The maximum absolute atomic E-state index is 12.9. The van der Waals surface area contributed by atoms with E-state index in [1.54, 1.807) is 0 Å².